The Balaban J connectivity index is 1.67. The summed E-state index contributed by atoms with van der Waals surface area (Å²) in [5, 5.41) is 6.19. The van der Waals surface area contributed by atoms with Crippen LogP contribution in [0.4, 0.5) is 0 Å². The van der Waals surface area contributed by atoms with Crippen LogP contribution in [0.25, 0.3) is 0 Å². The maximum absolute atomic E-state index is 11.9. The summed E-state index contributed by atoms with van der Waals surface area (Å²) >= 11 is 15.0. The number of nitrogens with one attached hydrogen (secondary N) is 2. The molecule has 2 aromatic carbocycles. The summed E-state index contributed by atoms with van der Waals surface area (Å²) < 4.78 is 6.14. The molecule has 0 spiro atoms. The van der Waals surface area contributed by atoms with Gasteiger partial charge in [-0.1, -0.05) is 45.2 Å². The third-order valence-corrected chi connectivity index (χ3v) is 4.10. The summed E-state index contributed by atoms with van der Waals surface area (Å²) in [5.41, 5.74) is 0.543. The highest BCUT2D eigenvalue weighted by molar-refractivity contribution is 9.10. The first-order valence-electron chi connectivity index (χ1n) is 7.34. The summed E-state index contributed by atoms with van der Waals surface area (Å²) in [6.45, 7) is 0.413. The van der Waals surface area contributed by atoms with Crippen molar-refractivity contribution in [2.45, 2.75) is 0 Å². The van der Waals surface area contributed by atoms with Crippen molar-refractivity contribution in [3.63, 3.8) is 0 Å². The Hall–Kier alpha value is -1.76. The van der Waals surface area contributed by atoms with Crippen LogP contribution in [-0.4, -0.2) is 31.5 Å². The van der Waals surface area contributed by atoms with E-state index in [9.17, 15) is 9.59 Å². The minimum Gasteiger partial charge on any atom is -0.482 e. The Morgan fingerprint density at radius 2 is 1.80 bits per heavy atom. The summed E-state index contributed by atoms with van der Waals surface area (Å²) in [6, 6.07) is 11.8. The molecule has 0 heterocycles. The van der Waals surface area contributed by atoms with E-state index in [4.69, 9.17) is 27.9 Å². The van der Waals surface area contributed by atoms with Crippen molar-refractivity contribution in [1.29, 1.82) is 0 Å². The second-order valence-corrected chi connectivity index (χ2v) is 6.74. The highest BCUT2D eigenvalue weighted by Gasteiger charge is 2.07. The van der Waals surface area contributed by atoms with Crippen molar-refractivity contribution >= 4 is 50.9 Å². The van der Waals surface area contributed by atoms with E-state index < -0.39 is 0 Å². The minimum absolute atomic E-state index is 0.180. The molecule has 0 unspecified atom stereocenters. The van der Waals surface area contributed by atoms with Gasteiger partial charge in [-0.3, -0.25) is 9.59 Å². The molecule has 0 aliphatic rings. The Morgan fingerprint density at radius 1 is 1.04 bits per heavy atom. The van der Waals surface area contributed by atoms with Gasteiger partial charge in [0, 0.05) is 28.1 Å². The average molecular weight is 446 g/mol. The van der Waals surface area contributed by atoms with E-state index in [1.807, 2.05) is 6.07 Å². The topological polar surface area (TPSA) is 67.4 Å². The van der Waals surface area contributed by atoms with Crippen LogP contribution < -0.4 is 15.4 Å². The molecule has 2 N–H and O–H groups in total. The molecule has 0 aliphatic carbocycles. The number of hydrogen-bond acceptors (Lipinski definition) is 3. The van der Waals surface area contributed by atoms with Gasteiger partial charge in [0.2, 0.25) is 0 Å². The first-order valence-corrected chi connectivity index (χ1v) is 8.89. The Labute approximate surface area is 163 Å². The number of benzene rings is 2. The van der Waals surface area contributed by atoms with E-state index in [0.29, 0.717) is 27.9 Å². The van der Waals surface area contributed by atoms with E-state index in [-0.39, 0.29) is 25.0 Å². The van der Waals surface area contributed by atoms with Crippen LogP contribution in [-0.2, 0) is 4.79 Å². The summed E-state index contributed by atoms with van der Waals surface area (Å²) in [6.07, 6.45) is 0. The summed E-state index contributed by atoms with van der Waals surface area (Å²) in [5.74, 6) is -0.147. The fraction of sp³-hybridized carbons (Fsp3) is 0.176. The van der Waals surface area contributed by atoms with Gasteiger partial charge in [-0.25, -0.2) is 0 Å². The molecule has 0 fully saturated rings. The molecule has 0 saturated heterocycles. The van der Waals surface area contributed by atoms with Crippen LogP contribution in [0, 0.1) is 0 Å². The van der Waals surface area contributed by atoms with E-state index in [2.05, 4.69) is 26.6 Å². The van der Waals surface area contributed by atoms with Gasteiger partial charge in [0.05, 0.1) is 5.02 Å². The van der Waals surface area contributed by atoms with E-state index in [0.717, 1.165) is 4.47 Å². The fourth-order valence-electron chi connectivity index (χ4n) is 1.90. The zero-order valence-corrected chi connectivity index (χ0v) is 16.1. The molecule has 0 aliphatic heterocycles. The maximum Gasteiger partial charge on any atom is 0.258 e. The molecule has 0 radical (unpaired) electrons. The lowest BCUT2D eigenvalue weighted by molar-refractivity contribution is -0.123. The number of carbonyl (C=O) groups excluding carboxylic acids is 2. The van der Waals surface area contributed by atoms with Crippen LogP contribution in [0.1, 0.15) is 10.4 Å². The first-order chi connectivity index (χ1) is 12.0. The molecule has 0 atom stereocenters. The lowest BCUT2D eigenvalue weighted by Crippen LogP contribution is -2.36. The van der Waals surface area contributed by atoms with E-state index >= 15 is 0 Å². The lowest BCUT2D eigenvalue weighted by atomic mass is 10.2. The van der Waals surface area contributed by atoms with Crippen LogP contribution in [0.5, 0.6) is 5.75 Å². The summed E-state index contributed by atoms with van der Waals surface area (Å²) in [4.78, 5) is 23.7. The van der Waals surface area contributed by atoms with Crippen LogP contribution >= 0.6 is 39.1 Å². The van der Waals surface area contributed by atoms with Gasteiger partial charge in [0.25, 0.3) is 11.8 Å². The zero-order valence-electron chi connectivity index (χ0n) is 13.0. The van der Waals surface area contributed by atoms with Crippen molar-refractivity contribution < 1.29 is 14.3 Å². The third kappa shape index (κ3) is 6.57. The Morgan fingerprint density at radius 3 is 2.52 bits per heavy atom. The van der Waals surface area contributed by atoms with Gasteiger partial charge in [-0.15, -0.1) is 0 Å². The fourth-order valence-corrected chi connectivity index (χ4v) is 2.76. The normalized spacial score (nSPS) is 10.2. The minimum atomic E-state index is -0.317. The second-order valence-electron chi connectivity index (χ2n) is 4.98. The molecule has 2 amide bonds. The van der Waals surface area contributed by atoms with Gasteiger partial charge in [-0.05, 0) is 36.4 Å². The van der Waals surface area contributed by atoms with E-state index in [1.54, 1.807) is 30.3 Å². The van der Waals surface area contributed by atoms with E-state index in [1.165, 1.54) is 6.07 Å². The van der Waals surface area contributed by atoms with Crippen LogP contribution in [0.3, 0.4) is 0 Å². The van der Waals surface area contributed by atoms with Crippen LogP contribution in [0.15, 0.2) is 46.9 Å². The zero-order chi connectivity index (χ0) is 18.2. The van der Waals surface area contributed by atoms with Crippen molar-refractivity contribution in [3.05, 3.63) is 62.5 Å². The van der Waals surface area contributed by atoms with Gasteiger partial charge >= 0.3 is 0 Å². The molecule has 25 heavy (non-hydrogen) atoms. The molecule has 132 valence electrons. The molecule has 2 rings (SSSR count). The molecule has 2 aromatic rings. The first kappa shape index (κ1) is 19.6. The number of ether oxygens (including phenoxy) is 1. The second kappa shape index (κ2) is 9.65. The number of halogens is 3. The molecule has 0 bridgehead atoms. The lowest BCUT2D eigenvalue weighted by Gasteiger charge is -2.09. The highest BCUT2D eigenvalue weighted by atomic mass is 79.9. The monoisotopic (exact) mass is 444 g/mol. The highest BCUT2D eigenvalue weighted by Crippen LogP contribution is 2.27. The van der Waals surface area contributed by atoms with Crippen molar-refractivity contribution in [3.8, 4) is 5.75 Å². The third-order valence-electron chi connectivity index (χ3n) is 3.07. The van der Waals surface area contributed by atoms with Crippen molar-refractivity contribution in [1.82, 2.24) is 10.6 Å². The molecular formula is C17H15BrCl2N2O3. The number of amides is 2. The largest absolute Gasteiger partial charge is 0.482 e. The molecule has 5 nitrogen and oxygen atoms in total. The standard InChI is InChI=1S/C17H15BrCl2N2O3/c18-12-3-1-2-11(8-12)17(24)22-7-6-21-16(23)10-25-15-5-4-13(19)9-14(15)20/h1-5,8-9H,6-7,10H2,(H,21,23)(H,22,24). The SMILES string of the molecule is O=C(COc1ccc(Cl)cc1Cl)NCCNC(=O)c1cccc(Br)c1. The Kier molecular flexibility index (Phi) is 7.55. The van der Waals surface area contributed by atoms with Gasteiger partial charge in [0.1, 0.15) is 5.75 Å². The molecule has 0 saturated carbocycles. The average Bonchev–Trinajstić information content (AvgIpc) is 2.57. The number of rotatable bonds is 7. The van der Waals surface area contributed by atoms with Gasteiger partial charge < -0.3 is 15.4 Å². The maximum atomic E-state index is 11.9. The predicted molar refractivity (Wildman–Crippen MR) is 101 cm³/mol. The quantitative estimate of drug-likeness (QED) is 0.638. The number of carbonyl (C=O) groups is 2. The predicted octanol–water partition coefficient (Wildman–Crippen LogP) is 3.68. The van der Waals surface area contributed by atoms with Crippen LogP contribution in [0.2, 0.25) is 10.0 Å². The smallest absolute Gasteiger partial charge is 0.258 e. The van der Waals surface area contributed by atoms with Gasteiger partial charge in [-0.2, -0.15) is 0 Å². The Bertz CT molecular complexity index is 771. The summed E-state index contributed by atoms with van der Waals surface area (Å²) in [7, 11) is 0. The van der Waals surface area contributed by atoms with Gasteiger partial charge in [0.15, 0.2) is 6.61 Å². The molecule has 0 aromatic heterocycles. The number of hydrogen-bond donors (Lipinski definition) is 2. The van der Waals surface area contributed by atoms with Crippen molar-refractivity contribution in [2.24, 2.45) is 0 Å². The van der Waals surface area contributed by atoms with Crippen molar-refractivity contribution in [2.75, 3.05) is 19.7 Å². The molecule has 8 heteroatoms. The molecular weight excluding hydrogens is 431 g/mol.